The lowest BCUT2D eigenvalue weighted by atomic mass is 10.1. The minimum absolute atomic E-state index is 0.208. The lowest BCUT2D eigenvalue weighted by molar-refractivity contribution is 0.0696. The van der Waals surface area contributed by atoms with Gasteiger partial charge in [0.2, 0.25) is 0 Å². The van der Waals surface area contributed by atoms with Gasteiger partial charge >= 0.3 is 5.97 Å². The summed E-state index contributed by atoms with van der Waals surface area (Å²) in [5.41, 5.74) is 2.77. The Bertz CT molecular complexity index is 644. The second-order valence-electron chi connectivity index (χ2n) is 4.51. The zero-order valence-corrected chi connectivity index (χ0v) is 11.4. The van der Waals surface area contributed by atoms with E-state index in [2.05, 4.69) is 5.10 Å². The molecule has 0 radical (unpaired) electrons. The Morgan fingerprint density at radius 3 is 2.53 bits per heavy atom. The average molecular weight is 260 g/mol. The van der Waals surface area contributed by atoms with Crippen LogP contribution < -0.4 is 4.74 Å². The Morgan fingerprint density at radius 1 is 1.32 bits per heavy atom. The first-order valence-electron chi connectivity index (χ1n) is 5.92. The molecule has 2 aromatic rings. The van der Waals surface area contributed by atoms with Crippen LogP contribution in [-0.4, -0.2) is 20.9 Å². The molecule has 0 saturated carbocycles. The maximum Gasteiger partial charge on any atom is 0.335 e. The van der Waals surface area contributed by atoms with E-state index in [0.29, 0.717) is 11.5 Å². The number of hydrogen-bond donors (Lipinski definition) is 1. The number of ether oxygens (including phenoxy) is 1. The highest BCUT2D eigenvalue weighted by molar-refractivity contribution is 5.88. The van der Waals surface area contributed by atoms with E-state index in [1.54, 1.807) is 16.8 Å². The van der Waals surface area contributed by atoms with Crippen LogP contribution in [0.3, 0.4) is 0 Å². The van der Waals surface area contributed by atoms with E-state index in [4.69, 9.17) is 9.84 Å². The van der Waals surface area contributed by atoms with Gasteiger partial charge in [-0.1, -0.05) is 6.07 Å². The van der Waals surface area contributed by atoms with E-state index in [9.17, 15) is 4.79 Å². The Balaban J connectivity index is 2.43. The van der Waals surface area contributed by atoms with Gasteiger partial charge in [0, 0.05) is 7.05 Å². The van der Waals surface area contributed by atoms with Gasteiger partial charge in [0.1, 0.15) is 11.4 Å². The SMILES string of the molecule is Cc1ccc(C(=O)O)cc1Oc1c(C)nn(C)c1C. The van der Waals surface area contributed by atoms with Gasteiger partial charge in [-0.05, 0) is 38.5 Å². The molecule has 0 aliphatic carbocycles. The van der Waals surface area contributed by atoms with Gasteiger partial charge in [-0.2, -0.15) is 5.10 Å². The maximum absolute atomic E-state index is 11.0. The number of rotatable bonds is 3. The average Bonchev–Trinajstić information content (AvgIpc) is 2.58. The Morgan fingerprint density at radius 2 is 2.00 bits per heavy atom. The summed E-state index contributed by atoms with van der Waals surface area (Å²) >= 11 is 0. The summed E-state index contributed by atoms with van der Waals surface area (Å²) in [6.45, 7) is 5.65. The van der Waals surface area contributed by atoms with Crippen LogP contribution in [0.15, 0.2) is 18.2 Å². The minimum atomic E-state index is -0.968. The van der Waals surface area contributed by atoms with Gasteiger partial charge in [0.25, 0.3) is 0 Å². The van der Waals surface area contributed by atoms with E-state index >= 15 is 0 Å². The van der Waals surface area contributed by atoms with E-state index in [1.807, 2.05) is 27.8 Å². The van der Waals surface area contributed by atoms with Gasteiger partial charge < -0.3 is 9.84 Å². The molecule has 0 bridgehead atoms. The van der Waals surface area contributed by atoms with E-state index in [-0.39, 0.29) is 5.56 Å². The zero-order chi connectivity index (χ0) is 14.2. The van der Waals surface area contributed by atoms with Gasteiger partial charge in [-0.25, -0.2) is 4.79 Å². The summed E-state index contributed by atoms with van der Waals surface area (Å²) in [6.07, 6.45) is 0. The largest absolute Gasteiger partial charge is 0.478 e. The minimum Gasteiger partial charge on any atom is -0.478 e. The zero-order valence-electron chi connectivity index (χ0n) is 11.4. The Kier molecular flexibility index (Phi) is 3.29. The van der Waals surface area contributed by atoms with Crippen LogP contribution in [0.1, 0.15) is 27.3 Å². The van der Waals surface area contributed by atoms with Crippen molar-refractivity contribution in [1.82, 2.24) is 9.78 Å². The number of carbonyl (C=O) groups is 1. The smallest absolute Gasteiger partial charge is 0.335 e. The van der Waals surface area contributed by atoms with Crippen molar-refractivity contribution in [1.29, 1.82) is 0 Å². The van der Waals surface area contributed by atoms with Crippen molar-refractivity contribution in [3.8, 4) is 11.5 Å². The molecule has 0 saturated heterocycles. The molecule has 0 aliphatic rings. The molecule has 5 heteroatoms. The van der Waals surface area contributed by atoms with Gasteiger partial charge in [0.05, 0.1) is 11.3 Å². The van der Waals surface area contributed by atoms with Crippen molar-refractivity contribution >= 4 is 5.97 Å². The second kappa shape index (κ2) is 4.76. The second-order valence-corrected chi connectivity index (χ2v) is 4.51. The summed E-state index contributed by atoms with van der Waals surface area (Å²) in [5.74, 6) is 0.247. The van der Waals surface area contributed by atoms with E-state index in [0.717, 1.165) is 17.0 Å². The monoisotopic (exact) mass is 260 g/mol. The molecule has 1 aromatic carbocycles. The Hall–Kier alpha value is -2.30. The molecule has 0 amide bonds. The number of aryl methyl sites for hydroxylation is 3. The molecule has 2 rings (SSSR count). The fraction of sp³-hybridized carbons (Fsp3) is 0.286. The van der Waals surface area contributed by atoms with Crippen molar-refractivity contribution in [2.75, 3.05) is 0 Å². The number of nitrogens with zero attached hydrogens (tertiary/aromatic N) is 2. The molecule has 0 fully saturated rings. The maximum atomic E-state index is 11.0. The number of aromatic nitrogens is 2. The van der Waals surface area contributed by atoms with Crippen molar-refractivity contribution in [2.24, 2.45) is 7.05 Å². The molecule has 1 aromatic heterocycles. The van der Waals surface area contributed by atoms with Crippen LogP contribution >= 0.6 is 0 Å². The molecule has 0 unspecified atom stereocenters. The van der Waals surface area contributed by atoms with E-state index < -0.39 is 5.97 Å². The fourth-order valence-electron chi connectivity index (χ4n) is 1.85. The predicted molar refractivity (Wildman–Crippen MR) is 70.9 cm³/mol. The molecule has 1 N–H and O–H groups in total. The highest BCUT2D eigenvalue weighted by atomic mass is 16.5. The van der Waals surface area contributed by atoms with Crippen LogP contribution in [0.2, 0.25) is 0 Å². The van der Waals surface area contributed by atoms with Crippen molar-refractivity contribution < 1.29 is 14.6 Å². The van der Waals surface area contributed by atoms with Crippen LogP contribution in [0.4, 0.5) is 0 Å². The highest BCUT2D eigenvalue weighted by Crippen LogP contribution is 2.30. The summed E-state index contributed by atoms with van der Waals surface area (Å²) in [5, 5.41) is 13.3. The molecular formula is C14H16N2O3. The van der Waals surface area contributed by atoms with Crippen molar-refractivity contribution in [2.45, 2.75) is 20.8 Å². The third-order valence-corrected chi connectivity index (χ3v) is 3.09. The molecule has 0 aliphatic heterocycles. The van der Waals surface area contributed by atoms with E-state index in [1.165, 1.54) is 6.07 Å². The Labute approximate surface area is 111 Å². The first-order chi connectivity index (χ1) is 8.90. The number of carboxylic acid groups (broad SMARTS) is 1. The first-order valence-corrected chi connectivity index (χ1v) is 5.92. The molecule has 0 atom stereocenters. The standard InChI is InChI=1S/C14H16N2O3/c1-8-5-6-11(14(17)18)7-12(8)19-13-9(2)15-16(4)10(13)3/h5-7H,1-4H3,(H,17,18). The van der Waals surface area contributed by atoms with Crippen LogP contribution in [0.25, 0.3) is 0 Å². The molecule has 100 valence electrons. The molecule has 1 heterocycles. The van der Waals surface area contributed by atoms with Gasteiger partial charge in [-0.15, -0.1) is 0 Å². The van der Waals surface area contributed by atoms with Gasteiger partial charge in [0.15, 0.2) is 5.75 Å². The number of hydrogen-bond acceptors (Lipinski definition) is 3. The quantitative estimate of drug-likeness (QED) is 0.921. The van der Waals surface area contributed by atoms with Crippen molar-refractivity contribution in [3.05, 3.63) is 40.7 Å². The molecule has 0 spiro atoms. The molecule has 19 heavy (non-hydrogen) atoms. The third kappa shape index (κ3) is 2.45. The fourth-order valence-corrected chi connectivity index (χ4v) is 1.85. The topological polar surface area (TPSA) is 64.3 Å². The first kappa shape index (κ1) is 13.1. The molecular weight excluding hydrogens is 244 g/mol. The number of aromatic carboxylic acids is 1. The summed E-state index contributed by atoms with van der Waals surface area (Å²) in [6, 6.07) is 4.83. The number of benzene rings is 1. The van der Waals surface area contributed by atoms with Crippen LogP contribution in [0.5, 0.6) is 11.5 Å². The van der Waals surface area contributed by atoms with Crippen LogP contribution in [-0.2, 0) is 7.05 Å². The summed E-state index contributed by atoms with van der Waals surface area (Å²) in [7, 11) is 1.84. The van der Waals surface area contributed by atoms with Crippen LogP contribution in [0, 0.1) is 20.8 Å². The van der Waals surface area contributed by atoms with Gasteiger partial charge in [-0.3, -0.25) is 4.68 Å². The highest BCUT2D eigenvalue weighted by Gasteiger charge is 2.14. The summed E-state index contributed by atoms with van der Waals surface area (Å²) < 4.78 is 7.57. The normalized spacial score (nSPS) is 10.5. The predicted octanol–water partition coefficient (Wildman–Crippen LogP) is 2.84. The summed E-state index contributed by atoms with van der Waals surface area (Å²) in [4.78, 5) is 11.0. The van der Waals surface area contributed by atoms with Crippen molar-refractivity contribution in [3.63, 3.8) is 0 Å². The lowest BCUT2D eigenvalue weighted by Crippen LogP contribution is -1.98. The third-order valence-electron chi connectivity index (χ3n) is 3.09. The lowest BCUT2D eigenvalue weighted by Gasteiger charge is -2.09. The number of carboxylic acids is 1. The molecule has 5 nitrogen and oxygen atoms in total.